The van der Waals surface area contributed by atoms with Gasteiger partial charge >= 0.3 is 10.8 Å². The van der Waals surface area contributed by atoms with E-state index in [1.54, 1.807) is 19.1 Å². The molecule has 0 saturated carbocycles. The van der Waals surface area contributed by atoms with Crippen molar-refractivity contribution in [2.75, 3.05) is 11.1 Å². The first kappa shape index (κ1) is 29.7. The number of benzene rings is 2. The van der Waals surface area contributed by atoms with Gasteiger partial charge in [-0.3, -0.25) is 19.2 Å². The number of aromatic nitrogens is 3. The van der Waals surface area contributed by atoms with E-state index in [2.05, 4.69) is 26.1 Å². The van der Waals surface area contributed by atoms with Gasteiger partial charge in [0.2, 0.25) is 0 Å². The number of carboxylic acid groups (broad SMARTS) is 1. The maximum Gasteiger partial charge on any atom is 0.335 e. The number of nitrogen functional groups attached to an aromatic ring is 1. The first-order chi connectivity index (χ1) is 20.9. The Hall–Kier alpha value is -5.77. The van der Waals surface area contributed by atoms with Gasteiger partial charge in [-0.2, -0.15) is 0 Å². The zero-order valence-corrected chi connectivity index (χ0v) is 23.6. The molecule has 0 saturated heterocycles. The van der Waals surface area contributed by atoms with Crippen molar-refractivity contribution in [1.29, 1.82) is 0 Å². The number of halogens is 1. The van der Waals surface area contributed by atoms with Crippen LogP contribution in [0.3, 0.4) is 0 Å². The maximum atomic E-state index is 14.4. The van der Waals surface area contributed by atoms with Crippen LogP contribution < -0.4 is 32.5 Å². The summed E-state index contributed by atoms with van der Waals surface area (Å²) in [5, 5.41) is 20.9. The van der Waals surface area contributed by atoms with E-state index < -0.39 is 34.5 Å². The molecule has 0 aliphatic rings. The Morgan fingerprint density at radius 3 is 2.36 bits per heavy atom. The number of hydrogen-bond donors (Lipinski definition) is 5. The van der Waals surface area contributed by atoms with Crippen molar-refractivity contribution < 1.29 is 28.4 Å². The van der Waals surface area contributed by atoms with Gasteiger partial charge in [0.15, 0.2) is 0 Å². The molecule has 5 rings (SSSR count). The van der Waals surface area contributed by atoms with Crippen molar-refractivity contribution in [2.24, 2.45) is 0 Å². The first-order valence-corrected chi connectivity index (χ1v) is 13.2. The van der Waals surface area contributed by atoms with Crippen LogP contribution in [0.1, 0.15) is 53.6 Å². The molecule has 5 aromatic rings. The predicted octanol–water partition coefficient (Wildman–Crippen LogP) is 1.85. The fourth-order valence-electron chi connectivity index (χ4n) is 4.40. The van der Waals surface area contributed by atoms with E-state index in [0.717, 1.165) is 4.40 Å². The van der Waals surface area contributed by atoms with Crippen LogP contribution in [0.5, 0.6) is 0 Å². The zero-order chi connectivity index (χ0) is 31.7. The van der Waals surface area contributed by atoms with Crippen molar-refractivity contribution in [3.8, 4) is 0 Å². The quantitative estimate of drug-likeness (QED) is 0.112. The van der Waals surface area contributed by atoms with E-state index >= 15 is 0 Å². The number of fused-ring (bicyclic) bond motifs is 1. The van der Waals surface area contributed by atoms with Gasteiger partial charge in [0.1, 0.15) is 28.6 Å². The highest BCUT2D eigenvalue weighted by Gasteiger charge is 2.21. The number of amides is 2. The topological polar surface area (TPSA) is 211 Å². The molecular weight excluding hydrogens is 597 g/mol. The smallest absolute Gasteiger partial charge is 0.335 e. The van der Waals surface area contributed by atoms with Crippen LogP contribution >= 0.6 is 12.2 Å². The summed E-state index contributed by atoms with van der Waals surface area (Å²) in [6.45, 7) is 1.49. The Bertz CT molecular complexity index is 2110. The zero-order valence-electron chi connectivity index (χ0n) is 22.8. The molecule has 0 aliphatic heterocycles. The number of carbonyl (C=O) groups excluding carboxylic acids is 2. The molecule has 44 heavy (non-hydrogen) atoms. The highest BCUT2D eigenvalue weighted by Crippen LogP contribution is 2.16. The molecule has 14 nitrogen and oxygen atoms in total. The Labute approximate surface area is 251 Å². The molecule has 0 atom stereocenters. The van der Waals surface area contributed by atoms with Gasteiger partial charge in [0.05, 0.1) is 5.56 Å². The number of aromatic carboxylic acids is 1. The third kappa shape index (κ3) is 5.78. The molecule has 16 heteroatoms. The third-order valence-electron chi connectivity index (χ3n) is 6.73. The number of nitrogens with zero attached hydrogens (tertiary/aromatic N) is 3. The number of carbonyl (C=O) groups is 3. The minimum atomic E-state index is -1.06. The predicted molar refractivity (Wildman–Crippen MR) is 156 cm³/mol. The lowest BCUT2D eigenvalue weighted by molar-refractivity contribution is 0.0695. The molecule has 6 N–H and O–H groups in total. The van der Waals surface area contributed by atoms with Gasteiger partial charge in [-0.05, 0) is 65.3 Å². The fraction of sp³-hybridized carbons (Fsp3) is 0.143. The van der Waals surface area contributed by atoms with Gasteiger partial charge in [0, 0.05) is 25.2 Å². The van der Waals surface area contributed by atoms with Crippen LogP contribution in [0.4, 0.5) is 15.8 Å². The summed E-state index contributed by atoms with van der Waals surface area (Å²) in [5.41, 5.74) is 5.32. The van der Waals surface area contributed by atoms with Crippen LogP contribution in [0.15, 0.2) is 56.6 Å². The van der Waals surface area contributed by atoms with Gasteiger partial charge in [0.25, 0.3) is 28.4 Å². The molecule has 2 amide bonds. The summed E-state index contributed by atoms with van der Waals surface area (Å²) in [6.07, 6.45) is 0. The van der Waals surface area contributed by atoms with E-state index in [-0.39, 0.29) is 64.1 Å². The van der Waals surface area contributed by atoms with E-state index in [0.29, 0.717) is 16.7 Å². The molecule has 0 radical (unpaired) electrons. The average Bonchev–Trinajstić information content (AvgIpc) is 3.39. The highest BCUT2D eigenvalue weighted by molar-refractivity contribution is 7.71. The summed E-state index contributed by atoms with van der Waals surface area (Å²) in [6, 6.07) is 9.94. The van der Waals surface area contributed by atoms with E-state index in [1.165, 1.54) is 30.3 Å². The normalized spacial score (nSPS) is 11.0. The SMILES string of the molecule is Cc1cc(CNC(=O)c2cc(C(=O)NCc3ccc(F)c(CNc4c(N)c(=O)c4=O)c3)n3c(=S)onc3n2)ccc1C(=O)O. The van der Waals surface area contributed by atoms with E-state index in [9.17, 15) is 33.5 Å². The second-order valence-electron chi connectivity index (χ2n) is 9.66. The lowest BCUT2D eigenvalue weighted by Crippen LogP contribution is -2.37. The minimum absolute atomic E-state index is 0.0508. The van der Waals surface area contributed by atoms with Crippen LogP contribution in [0.2, 0.25) is 0 Å². The minimum Gasteiger partial charge on any atom is -0.478 e. The van der Waals surface area contributed by atoms with Crippen molar-refractivity contribution in [3.05, 3.63) is 113 Å². The monoisotopic (exact) mass is 619 g/mol. The van der Waals surface area contributed by atoms with Crippen LogP contribution in [-0.2, 0) is 19.6 Å². The summed E-state index contributed by atoms with van der Waals surface area (Å²) >= 11 is 5.12. The molecule has 0 spiro atoms. The fourth-order valence-corrected chi connectivity index (χ4v) is 4.62. The van der Waals surface area contributed by atoms with Gasteiger partial charge in [-0.25, -0.2) is 18.6 Å². The average molecular weight is 620 g/mol. The molecule has 224 valence electrons. The van der Waals surface area contributed by atoms with E-state index in [4.69, 9.17) is 22.5 Å². The highest BCUT2D eigenvalue weighted by atomic mass is 32.1. The van der Waals surface area contributed by atoms with Gasteiger partial charge in [-0.15, -0.1) is 0 Å². The van der Waals surface area contributed by atoms with Gasteiger partial charge in [-0.1, -0.05) is 18.2 Å². The van der Waals surface area contributed by atoms with Crippen LogP contribution in [0.25, 0.3) is 5.78 Å². The summed E-state index contributed by atoms with van der Waals surface area (Å²) in [5.74, 6) is -3.10. The Morgan fingerprint density at radius 1 is 1.00 bits per heavy atom. The second kappa shape index (κ2) is 11.8. The molecule has 3 aromatic carbocycles. The number of nitrogens with two attached hydrogens (primary N) is 1. The number of anilines is 2. The molecule has 2 heterocycles. The molecular formula is C28H22FN7O7S. The number of nitrogens with one attached hydrogen (secondary N) is 3. The van der Waals surface area contributed by atoms with Crippen molar-refractivity contribution >= 4 is 47.2 Å². The van der Waals surface area contributed by atoms with Crippen molar-refractivity contribution in [2.45, 2.75) is 26.6 Å². The number of aryl methyl sites for hydroxylation is 1. The van der Waals surface area contributed by atoms with Crippen molar-refractivity contribution in [3.63, 3.8) is 0 Å². The lowest BCUT2D eigenvalue weighted by Gasteiger charge is -2.12. The number of rotatable bonds is 10. The summed E-state index contributed by atoms with van der Waals surface area (Å²) < 4.78 is 20.5. The molecule has 2 aromatic heterocycles. The summed E-state index contributed by atoms with van der Waals surface area (Å²) in [4.78, 5) is 64.3. The molecule has 0 unspecified atom stereocenters. The Balaban J connectivity index is 1.30. The number of carboxylic acids is 1. The molecule has 0 bridgehead atoms. The standard InChI is InChI=1S/C28H22FN7O7S/c1-12-6-13(2-4-16(12)26(41)42)9-32-24(39)18-8-19(36-27(34-18)35-43-28(36)44)25(40)33-10-14-3-5-17(29)15(7-14)11-31-21-20(30)22(37)23(21)38/h2-8,31H,9-11,30H2,1H3,(H,32,39)(H,33,40)(H,41,42). The van der Waals surface area contributed by atoms with Crippen LogP contribution in [-0.4, -0.2) is 37.4 Å². The summed E-state index contributed by atoms with van der Waals surface area (Å²) in [7, 11) is 0. The second-order valence-corrected chi connectivity index (χ2v) is 10.0. The lowest BCUT2D eigenvalue weighted by atomic mass is 10.1. The van der Waals surface area contributed by atoms with E-state index in [1.807, 2.05) is 0 Å². The molecule has 0 fully saturated rings. The Kier molecular flexibility index (Phi) is 8.00. The maximum absolute atomic E-state index is 14.4. The Morgan fingerprint density at radius 2 is 1.68 bits per heavy atom. The van der Waals surface area contributed by atoms with Gasteiger partial charge < -0.3 is 31.3 Å². The number of hydrogen-bond acceptors (Lipinski definition) is 11. The van der Waals surface area contributed by atoms with Crippen molar-refractivity contribution in [1.82, 2.24) is 25.2 Å². The molecule has 0 aliphatic carbocycles. The third-order valence-corrected chi connectivity index (χ3v) is 6.99. The first-order valence-electron chi connectivity index (χ1n) is 12.8. The largest absolute Gasteiger partial charge is 0.478 e. The van der Waals surface area contributed by atoms with Crippen LogP contribution in [0, 0.1) is 17.6 Å².